The molecule has 44 heavy (non-hydrogen) atoms. The lowest BCUT2D eigenvalue weighted by Gasteiger charge is -2.22. The summed E-state index contributed by atoms with van der Waals surface area (Å²) in [6.45, 7) is 2.26. The lowest BCUT2D eigenvalue weighted by atomic mass is 9.84. The lowest BCUT2D eigenvalue weighted by Crippen LogP contribution is -2.16. The second kappa shape index (κ2) is 13.5. The Bertz CT molecular complexity index is 1750. The molecule has 1 aliphatic rings. The molecule has 0 saturated carbocycles. The number of esters is 2. The number of carbonyl (C=O) groups is 3. The number of nitrogens with zero attached hydrogens (tertiary/aromatic N) is 1. The summed E-state index contributed by atoms with van der Waals surface area (Å²) >= 11 is 0. The Morgan fingerprint density at radius 2 is 1.80 bits per heavy atom. The minimum absolute atomic E-state index is 0.0664. The molecule has 0 aliphatic heterocycles. The first kappa shape index (κ1) is 30.4. The van der Waals surface area contributed by atoms with Crippen LogP contribution < -0.4 is 9.47 Å². The first-order valence-corrected chi connectivity index (χ1v) is 14.6. The van der Waals surface area contributed by atoms with E-state index in [0.717, 1.165) is 51.9 Å². The smallest absolute Gasteiger partial charge is 0.337 e. The van der Waals surface area contributed by atoms with E-state index >= 15 is 0 Å². The average molecular weight is 598 g/mol. The fourth-order valence-corrected chi connectivity index (χ4v) is 5.85. The number of carboxylic acids is 1. The van der Waals surface area contributed by atoms with Crippen LogP contribution in [0, 0.1) is 0 Å². The van der Waals surface area contributed by atoms with Gasteiger partial charge in [0.15, 0.2) is 0 Å². The summed E-state index contributed by atoms with van der Waals surface area (Å²) in [7, 11) is 3.00. The van der Waals surface area contributed by atoms with Gasteiger partial charge in [-0.3, -0.25) is 4.79 Å². The van der Waals surface area contributed by atoms with Crippen molar-refractivity contribution < 1.29 is 38.4 Å². The largest absolute Gasteiger partial charge is 0.496 e. The highest BCUT2D eigenvalue weighted by Gasteiger charge is 2.26. The highest BCUT2D eigenvalue weighted by molar-refractivity contribution is 6.03. The van der Waals surface area contributed by atoms with E-state index in [1.807, 2.05) is 22.8 Å². The molecule has 1 aromatic heterocycles. The number of hydrogen-bond donors (Lipinski definition) is 1. The van der Waals surface area contributed by atoms with Crippen LogP contribution >= 0.6 is 0 Å². The van der Waals surface area contributed by atoms with Crippen molar-refractivity contribution in [2.24, 2.45) is 0 Å². The van der Waals surface area contributed by atoms with E-state index in [4.69, 9.17) is 18.9 Å². The van der Waals surface area contributed by atoms with E-state index in [2.05, 4.69) is 12.1 Å². The second-order valence-electron chi connectivity index (χ2n) is 10.4. The van der Waals surface area contributed by atoms with Gasteiger partial charge in [0.2, 0.25) is 0 Å². The zero-order valence-electron chi connectivity index (χ0n) is 25.1. The van der Waals surface area contributed by atoms with Gasteiger partial charge in [0.1, 0.15) is 18.0 Å². The van der Waals surface area contributed by atoms with Crippen molar-refractivity contribution in [3.63, 3.8) is 0 Å². The molecule has 0 spiro atoms. The number of aromatic carboxylic acids is 1. The Balaban J connectivity index is 1.58. The predicted molar refractivity (Wildman–Crippen MR) is 166 cm³/mol. The summed E-state index contributed by atoms with van der Waals surface area (Å²) in [5, 5.41) is 10.6. The Kier molecular flexibility index (Phi) is 9.33. The molecular formula is C35H35NO8. The normalized spacial score (nSPS) is 12.3. The number of benzene rings is 3. The maximum Gasteiger partial charge on any atom is 0.337 e. The Hall–Kier alpha value is -5.05. The van der Waals surface area contributed by atoms with Crippen LogP contribution in [0.1, 0.15) is 62.9 Å². The number of carboxylic acid groups (broad SMARTS) is 1. The molecule has 0 radical (unpaired) electrons. The summed E-state index contributed by atoms with van der Waals surface area (Å²) in [5.41, 5.74) is 6.17. The molecule has 5 rings (SSSR count). The van der Waals surface area contributed by atoms with E-state index in [9.17, 15) is 19.5 Å². The molecule has 0 fully saturated rings. The summed E-state index contributed by atoms with van der Waals surface area (Å²) in [5.74, 6) is -0.535. The average Bonchev–Trinajstić information content (AvgIpc) is 3.33. The van der Waals surface area contributed by atoms with E-state index in [0.29, 0.717) is 36.3 Å². The number of allylic oxidation sites excluding steroid dienone is 1. The van der Waals surface area contributed by atoms with E-state index in [-0.39, 0.29) is 18.7 Å². The van der Waals surface area contributed by atoms with Crippen LogP contribution in [0.25, 0.3) is 16.5 Å². The van der Waals surface area contributed by atoms with Crippen LogP contribution in [-0.4, -0.2) is 55.0 Å². The van der Waals surface area contributed by atoms with Crippen molar-refractivity contribution >= 4 is 34.4 Å². The van der Waals surface area contributed by atoms with Gasteiger partial charge in [0.25, 0.3) is 0 Å². The minimum Gasteiger partial charge on any atom is -0.496 e. The molecule has 0 amide bonds. The van der Waals surface area contributed by atoms with Crippen LogP contribution in [0.15, 0.2) is 66.7 Å². The zero-order valence-corrected chi connectivity index (χ0v) is 25.1. The maximum atomic E-state index is 12.9. The van der Waals surface area contributed by atoms with E-state index in [1.54, 1.807) is 50.4 Å². The number of hydrogen-bond acceptors (Lipinski definition) is 7. The van der Waals surface area contributed by atoms with Gasteiger partial charge in [-0.05, 0) is 80.1 Å². The predicted octanol–water partition coefficient (Wildman–Crippen LogP) is 6.09. The topological polar surface area (TPSA) is 113 Å². The first-order chi connectivity index (χ1) is 21.4. The van der Waals surface area contributed by atoms with Gasteiger partial charge >= 0.3 is 17.9 Å². The maximum absolute atomic E-state index is 12.9. The van der Waals surface area contributed by atoms with Gasteiger partial charge in [-0.1, -0.05) is 30.3 Å². The van der Waals surface area contributed by atoms with Crippen LogP contribution in [0.4, 0.5) is 0 Å². The Labute approximate surface area is 255 Å². The third kappa shape index (κ3) is 6.17. The van der Waals surface area contributed by atoms with Gasteiger partial charge < -0.3 is 28.6 Å². The van der Waals surface area contributed by atoms with Crippen molar-refractivity contribution in [2.75, 3.05) is 27.4 Å². The van der Waals surface area contributed by atoms with Gasteiger partial charge in [0.05, 0.1) is 44.1 Å². The molecule has 0 bridgehead atoms. The molecule has 9 heteroatoms. The lowest BCUT2D eigenvalue weighted by molar-refractivity contribution is -0.143. The summed E-state index contributed by atoms with van der Waals surface area (Å²) in [4.78, 5) is 36.8. The number of carbonyl (C=O) groups excluding carboxylic acids is 2. The molecule has 1 N–H and O–H groups in total. The Morgan fingerprint density at radius 3 is 2.55 bits per heavy atom. The van der Waals surface area contributed by atoms with Gasteiger partial charge in [-0.15, -0.1) is 0 Å². The van der Waals surface area contributed by atoms with E-state index in [1.165, 1.54) is 7.11 Å². The molecule has 1 aliphatic carbocycles. The molecule has 228 valence electrons. The van der Waals surface area contributed by atoms with Crippen LogP contribution in [0.5, 0.6) is 11.5 Å². The van der Waals surface area contributed by atoms with Crippen LogP contribution in [0.3, 0.4) is 0 Å². The first-order valence-electron chi connectivity index (χ1n) is 14.6. The quantitative estimate of drug-likeness (QED) is 0.154. The number of methoxy groups -OCH3 is 2. The number of ether oxygens (including phenoxy) is 4. The highest BCUT2D eigenvalue weighted by Crippen LogP contribution is 2.42. The standard InChI is InChI=1S/C35H35NO8/c1-4-43-32(37)21-36-29(14-8-18-44-24-10-5-9-23(19-24)35(40)42-3)33(28-17-16-22(34(38)39)20-30(28)36)27-13-6-12-26-25(27)11-7-15-31(26)41-2/h5,7,9-11,13,15-17,19-20H,4,6,8,12,14,18,21H2,1-3H3,(H,38,39). The summed E-state index contributed by atoms with van der Waals surface area (Å²) in [6.07, 6.45) is 4.95. The number of rotatable bonds is 12. The monoisotopic (exact) mass is 597 g/mol. The van der Waals surface area contributed by atoms with Gasteiger partial charge in [0, 0.05) is 22.2 Å². The minimum atomic E-state index is -1.05. The van der Waals surface area contributed by atoms with Crippen LogP contribution in [-0.2, 0) is 33.7 Å². The summed E-state index contributed by atoms with van der Waals surface area (Å²) < 4.78 is 23.7. The summed E-state index contributed by atoms with van der Waals surface area (Å²) in [6, 6.07) is 17.8. The molecule has 4 aromatic rings. The Morgan fingerprint density at radius 1 is 0.977 bits per heavy atom. The molecule has 3 aromatic carbocycles. The van der Waals surface area contributed by atoms with Crippen molar-refractivity contribution in [2.45, 2.75) is 39.2 Å². The number of fused-ring (bicyclic) bond motifs is 2. The third-order valence-electron chi connectivity index (χ3n) is 7.75. The third-order valence-corrected chi connectivity index (χ3v) is 7.75. The van der Waals surface area contributed by atoms with Gasteiger partial charge in [-0.25, -0.2) is 9.59 Å². The highest BCUT2D eigenvalue weighted by atomic mass is 16.5. The number of aromatic nitrogens is 1. The van der Waals surface area contributed by atoms with Crippen molar-refractivity contribution in [1.82, 2.24) is 4.57 Å². The molecule has 9 nitrogen and oxygen atoms in total. The fourth-order valence-electron chi connectivity index (χ4n) is 5.85. The molecule has 0 saturated heterocycles. The van der Waals surface area contributed by atoms with E-state index < -0.39 is 17.9 Å². The second-order valence-corrected chi connectivity index (χ2v) is 10.4. The van der Waals surface area contributed by atoms with Crippen LogP contribution in [0.2, 0.25) is 0 Å². The molecule has 1 heterocycles. The fraction of sp³-hybridized carbons (Fsp3) is 0.286. The SMILES string of the molecule is CCOC(=O)Cn1c(CCCOc2cccc(C(=O)OC)c2)c(C2=CCCc3c(OC)cccc32)c2ccc(C(=O)O)cc21. The molecule has 0 atom stereocenters. The van der Waals surface area contributed by atoms with Crippen molar-refractivity contribution in [3.8, 4) is 11.5 Å². The van der Waals surface area contributed by atoms with Gasteiger partial charge in [-0.2, -0.15) is 0 Å². The van der Waals surface area contributed by atoms with Crippen molar-refractivity contribution in [3.05, 3.63) is 100 Å². The molecule has 0 unspecified atom stereocenters. The zero-order chi connectivity index (χ0) is 31.2. The van der Waals surface area contributed by atoms with Crippen molar-refractivity contribution in [1.29, 1.82) is 0 Å². The molecular weight excluding hydrogens is 562 g/mol.